The van der Waals surface area contributed by atoms with Crippen LogP contribution in [0.1, 0.15) is 52.3 Å². The lowest BCUT2D eigenvalue weighted by molar-refractivity contribution is -0.141. The highest BCUT2D eigenvalue weighted by Gasteiger charge is 2.42. The zero-order valence-corrected chi connectivity index (χ0v) is 31.1. The number of ether oxygens (including phenoxy) is 4. The number of aromatic hydroxyl groups is 1. The summed E-state index contributed by atoms with van der Waals surface area (Å²) in [6, 6.07) is 13.1. The van der Waals surface area contributed by atoms with Gasteiger partial charge in [-0.05, 0) is 62.2 Å². The molecule has 3 aromatic heterocycles. The van der Waals surface area contributed by atoms with Crippen molar-refractivity contribution < 1.29 is 46.8 Å². The smallest absolute Gasteiger partial charge is 0.432 e. The van der Waals surface area contributed by atoms with Crippen molar-refractivity contribution in [1.82, 2.24) is 15.0 Å². The average molecular weight is 750 g/mol. The van der Waals surface area contributed by atoms with E-state index in [0.29, 0.717) is 47.9 Å². The van der Waals surface area contributed by atoms with Crippen molar-refractivity contribution in [3.63, 3.8) is 0 Å². The van der Waals surface area contributed by atoms with Crippen molar-refractivity contribution in [1.29, 1.82) is 0 Å². The van der Waals surface area contributed by atoms with Gasteiger partial charge in [0.2, 0.25) is 12.2 Å². The maximum atomic E-state index is 13.4. The van der Waals surface area contributed by atoms with Gasteiger partial charge in [-0.3, -0.25) is 9.78 Å². The molecule has 7 rings (SSSR count). The number of halogens is 3. The van der Waals surface area contributed by atoms with Crippen LogP contribution in [-0.4, -0.2) is 74.5 Å². The molecule has 12 nitrogen and oxygen atoms in total. The van der Waals surface area contributed by atoms with E-state index in [0.717, 1.165) is 45.9 Å². The van der Waals surface area contributed by atoms with Crippen molar-refractivity contribution in [2.24, 2.45) is 0 Å². The number of rotatable bonds is 7. The summed E-state index contributed by atoms with van der Waals surface area (Å²) < 4.78 is 60.8. The minimum Gasteiger partial charge on any atom is -0.506 e. The Bertz CT molecular complexity index is 2330. The number of nitrogens with zero attached hydrogens (tertiary/aromatic N) is 2. The first-order valence-corrected chi connectivity index (χ1v) is 16.8. The number of likely N-dealkylation sites (N-methyl/N-ethyl adjacent to an activating group) is 1. The molecule has 3 aromatic carbocycles. The Labute approximate surface area is 309 Å². The number of esters is 1. The number of pyridine rings is 1. The summed E-state index contributed by atoms with van der Waals surface area (Å²) in [6.45, 7) is 6.49. The Morgan fingerprint density at radius 3 is 2.35 bits per heavy atom. The van der Waals surface area contributed by atoms with Gasteiger partial charge in [0.15, 0.2) is 11.5 Å². The Balaban J connectivity index is 0.000000164. The van der Waals surface area contributed by atoms with Gasteiger partial charge >= 0.3 is 12.1 Å². The van der Waals surface area contributed by atoms with Gasteiger partial charge in [-0.25, -0.2) is 4.79 Å². The Kier molecular flexibility index (Phi) is 11.5. The van der Waals surface area contributed by atoms with Crippen LogP contribution < -0.4 is 24.4 Å². The number of aromatic amines is 2. The van der Waals surface area contributed by atoms with E-state index in [1.54, 1.807) is 34.6 Å². The van der Waals surface area contributed by atoms with Crippen LogP contribution in [0, 0.1) is 13.8 Å². The number of nitrogens with one attached hydrogen (secondary N) is 3. The van der Waals surface area contributed by atoms with Crippen molar-refractivity contribution in [2.45, 2.75) is 39.3 Å². The fourth-order valence-corrected chi connectivity index (χ4v) is 6.78. The third-order valence-electron chi connectivity index (χ3n) is 9.20. The topological polar surface area (TPSA) is 151 Å². The molecule has 1 aliphatic rings. The lowest BCUT2D eigenvalue weighted by atomic mass is 9.92. The van der Waals surface area contributed by atoms with Crippen molar-refractivity contribution in [2.75, 3.05) is 52.2 Å². The number of fused-ring (bicyclic) bond motifs is 5. The van der Waals surface area contributed by atoms with Gasteiger partial charge in [0.1, 0.15) is 11.4 Å². The van der Waals surface area contributed by atoms with Crippen molar-refractivity contribution >= 4 is 56.3 Å². The van der Waals surface area contributed by atoms with Crippen LogP contribution >= 0.6 is 0 Å². The van der Waals surface area contributed by atoms with Gasteiger partial charge in [-0.2, -0.15) is 13.2 Å². The molecule has 0 fully saturated rings. The van der Waals surface area contributed by atoms with Crippen LogP contribution in [0.5, 0.6) is 23.0 Å². The number of H-pyrrole nitrogens is 2. The number of hydrogen-bond acceptors (Lipinski definition) is 9. The monoisotopic (exact) mass is 749 g/mol. The Morgan fingerprint density at radius 1 is 1.02 bits per heavy atom. The number of hydrogen-bond donors (Lipinski definition) is 4. The quantitative estimate of drug-likeness (QED) is 0.0935. The van der Waals surface area contributed by atoms with E-state index in [1.807, 2.05) is 62.1 Å². The number of amides is 1. The number of phenols is 1. The van der Waals surface area contributed by atoms with E-state index in [9.17, 15) is 27.9 Å². The second-order valence-corrected chi connectivity index (χ2v) is 12.6. The molecule has 0 saturated heterocycles. The first-order chi connectivity index (χ1) is 25.7. The second-order valence-electron chi connectivity index (χ2n) is 12.6. The maximum Gasteiger partial charge on any atom is 0.432 e. The highest BCUT2D eigenvalue weighted by molar-refractivity contribution is 6.10. The molecule has 0 spiro atoms. The third-order valence-corrected chi connectivity index (χ3v) is 9.20. The predicted octanol–water partition coefficient (Wildman–Crippen LogP) is 8.24. The van der Waals surface area contributed by atoms with Crippen LogP contribution in [0.3, 0.4) is 0 Å². The summed E-state index contributed by atoms with van der Waals surface area (Å²) in [7, 11) is 7.65. The Hall–Kier alpha value is -6.12. The summed E-state index contributed by atoms with van der Waals surface area (Å²) in [5.74, 6) is 0.482. The second kappa shape index (κ2) is 15.9. The van der Waals surface area contributed by atoms with E-state index in [4.69, 9.17) is 14.2 Å². The van der Waals surface area contributed by atoms with Crippen LogP contribution in [0.25, 0.3) is 32.6 Å². The molecule has 1 amide bonds. The Morgan fingerprint density at radius 2 is 1.74 bits per heavy atom. The molecule has 4 N–H and O–H groups in total. The highest BCUT2D eigenvalue weighted by atomic mass is 19.4. The highest BCUT2D eigenvalue weighted by Crippen LogP contribution is 2.49. The molecule has 0 aliphatic carbocycles. The van der Waals surface area contributed by atoms with Crippen molar-refractivity contribution in [3.8, 4) is 23.0 Å². The fraction of sp³-hybridized carbons (Fsp3) is 0.308. The molecule has 0 saturated carbocycles. The van der Waals surface area contributed by atoms with Gasteiger partial charge < -0.3 is 44.2 Å². The van der Waals surface area contributed by atoms with E-state index < -0.39 is 23.4 Å². The molecule has 6 aromatic rings. The molecule has 15 heteroatoms. The summed E-state index contributed by atoms with van der Waals surface area (Å²) in [6.07, 6.45) is -1.59. The van der Waals surface area contributed by atoms with Gasteiger partial charge in [0, 0.05) is 81.6 Å². The summed E-state index contributed by atoms with van der Waals surface area (Å²) in [5, 5.41) is 16.0. The summed E-state index contributed by atoms with van der Waals surface area (Å²) in [4.78, 5) is 33.8. The van der Waals surface area contributed by atoms with Gasteiger partial charge in [-0.15, -0.1) is 0 Å². The van der Waals surface area contributed by atoms with Gasteiger partial charge in [0.25, 0.3) is 0 Å². The number of methoxy groups -OCH3 is 4. The van der Waals surface area contributed by atoms with E-state index >= 15 is 0 Å². The number of carbonyl (C=O) groups excluding carboxylic acids is 2. The zero-order valence-electron chi connectivity index (χ0n) is 31.1. The van der Waals surface area contributed by atoms with Crippen LogP contribution in [0.15, 0.2) is 48.7 Å². The van der Waals surface area contributed by atoms with Crippen molar-refractivity contribution in [3.05, 3.63) is 76.9 Å². The number of aryl methyl sites for hydroxylation is 2. The summed E-state index contributed by atoms with van der Waals surface area (Å²) >= 11 is 0. The number of benzene rings is 3. The number of anilines is 2. The van der Waals surface area contributed by atoms with Crippen LogP contribution in [0.2, 0.25) is 0 Å². The fourth-order valence-electron chi connectivity index (χ4n) is 6.78. The zero-order chi connectivity index (χ0) is 39.5. The third kappa shape index (κ3) is 7.52. The first kappa shape index (κ1) is 39.1. The van der Waals surface area contributed by atoms with Crippen LogP contribution in [0.4, 0.5) is 24.5 Å². The number of phenolic OH excluding ortho intramolecular Hbond substituents is 1. The minimum atomic E-state index is -4.77. The van der Waals surface area contributed by atoms with E-state index in [2.05, 4.69) is 25.0 Å². The molecule has 1 aliphatic heterocycles. The van der Waals surface area contributed by atoms with Crippen LogP contribution in [-0.2, 0) is 15.7 Å². The molecule has 4 heterocycles. The molecule has 0 unspecified atom stereocenters. The van der Waals surface area contributed by atoms with E-state index in [1.165, 1.54) is 6.07 Å². The molecule has 286 valence electrons. The number of aromatic nitrogens is 3. The lowest BCUT2D eigenvalue weighted by Crippen LogP contribution is -2.14. The predicted molar refractivity (Wildman–Crippen MR) is 201 cm³/mol. The normalized spacial score (nSPS) is 13.5. The largest absolute Gasteiger partial charge is 0.506 e. The van der Waals surface area contributed by atoms with Gasteiger partial charge in [0.05, 0.1) is 39.5 Å². The molecular formula is C39H42F3N5O7. The van der Waals surface area contributed by atoms with E-state index in [-0.39, 0.29) is 22.6 Å². The number of alkyl halides is 3. The maximum absolute atomic E-state index is 13.4. The molecular weight excluding hydrogens is 707 g/mol. The molecule has 0 radical (unpaired) electrons. The molecule has 0 bridgehead atoms. The average Bonchev–Trinajstić information content (AvgIpc) is 3.83. The number of carbonyl (C=O) groups is 2. The summed E-state index contributed by atoms with van der Waals surface area (Å²) in [5.41, 5.74) is 3.38. The molecule has 1 atom stereocenters. The lowest BCUT2D eigenvalue weighted by Gasteiger charge is -2.14. The molecule has 54 heavy (non-hydrogen) atoms. The van der Waals surface area contributed by atoms with Gasteiger partial charge in [-0.1, -0.05) is 6.92 Å². The minimum absolute atomic E-state index is 0.0339. The SMILES string of the molecule is CC[C@@H]1CN(C)c2cc(O)c3[nH]c(C(F)(F)F)c(C(=O)OC)c3c21.COc1cc2cnc(C)cc2c(OC)c1OC.Cc1cc2cc(NC=O)ccc2[nH]1. The standard InChI is InChI=1S/C16H17F3N2O3.C13H15NO3.C10H10N2O/c1-4-7-6-21(2)8-5-9(22)13-11(10(7)8)12(15(23)24-3)14(20-13)16(17,18)19;1-8-5-10-9(7-14-8)6-11(15-2)13(17-4)12(10)16-3;1-7-4-8-5-9(11-6-13)2-3-10(8)12-7/h5,7,20,22H,4,6H2,1-3H3;5-7H,1-4H3;2-6,12H,1H3,(H,11,13)/t7-;;/m1../s1. The first-order valence-electron chi connectivity index (χ1n) is 16.8.